The molecule has 0 fully saturated rings. The zero-order valence-corrected chi connectivity index (χ0v) is 19.5. The maximum absolute atomic E-state index is 5.82. The number of allylic oxidation sites excluding steroid dienone is 1. The molecule has 0 saturated carbocycles. The van der Waals surface area contributed by atoms with Gasteiger partial charge in [0.1, 0.15) is 0 Å². The summed E-state index contributed by atoms with van der Waals surface area (Å²) < 4.78 is 3.72. The lowest BCUT2D eigenvalue weighted by Crippen LogP contribution is -2.09. The fraction of sp³-hybridized carbons (Fsp3) is 0.240. The summed E-state index contributed by atoms with van der Waals surface area (Å²) in [7, 11) is 5.62. The third kappa shape index (κ3) is 4.07. The lowest BCUT2D eigenvalue weighted by Gasteiger charge is -2.17. The first-order chi connectivity index (χ1) is 16.6. The van der Waals surface area contributed by atoms with Crippen molar-refractivity contribution in [2.75, 3.05) is 12.4 Å². The Bertz CT molecular complexity index is 1410. The van der Waals surface area contributed by atoms with Crippen LogP contribution in [0.15, 0.2) is 54.0 Å². The van der Waals surface area contributed by atoms with Crippen molar-refractivity contribution in [1.29, 1.82) is 0 Å². The van der Waals surface area contributed by atoms with Gasteiger partial charge < -0.3 is 11.1 Å². The topological polar surface area (TPSA) is 112 Å². The fourth-order valence-corrected chi connectivity index (χ4v) is 4.41. The van der Waals surface area contributed by atoms with Crippen LogP contribution in [0.4, 0.5) is 11.6 Å². The van der Waals surface area contributed by atoms with E-state index in [0.717, 1.165) is 64.3 Å². The minimum atomic E-state index is 0.549. The molecule has 4 aromatic rings. The summed E-state index contributed by atoms with van der Waals surface area (Å²) in [4.78, 5) is 13.5. The molecule has 0 unspecified atom stereocenters. The van der Waals surface area contributed by atoms with Crippen LogP contribution in [0.5, 0.6) is 0 Å². The molecular formula is C25H27N9. The summed E-state index contributed by atoms with van der Waals surface area (Å²) in [6.45, 7) is 0. The van der Waals surface area contributed by atoms with Gasteiger partial charge in [-0.05, 0) is 29.5 Å². The van der Waals surface area contributed by atoms with E-state index in [-0.39, 0.29) is 0 Å². The molecule has 0 spiro atoms. The molecule has 0 aliphatic heterocycles. The average Bonchev–Trinajstić information content (AvgIpc) is 3.39. The van der Waals surface area contributed by atoms with Gasteiger partial charge in [-0.1, -0.05) is 24.3 Å². The van der Waals surface area contributed by atoms with Gasteiger partial charge in [0.2, 0.25) is 5.95 Å². The van der Waals surface area contributed by atoms with Crippen molar-refractivity contribution in [3.8, 4) is 11.3 Å². The number of fused-ring (bicyclic) bond motifs is 3. The summed E-state index contributed by atoms with van der Waals surface area (Å²) in [6, 6.07) is 8.37. The number of aryl methyl sites for hydroxylation is 4. The zero-order chi connectivity index (χ0) is 23.7. The van der Waals surface area contributed by atoms with Crippen molar-refractivity contribution < 1.29 is 0 Å². The molecule has 0 bridgehead atoms. The Balaban J connectivity index is 1.52. The second-order valence-electron chi connectivity index (χ2n) is 8.37. The van der Waals surface area contributed by atoms with Crippen molar-refractivity contribution in [1.82, 2.24) is 29.5 Å². The molecule has 1 aromatic carbocycles. The Kier molecular flexibility index (Phi) is 5.67. The Hall–Kier alpha value is -4.27. The van der Waals surface area contributed by atoms with Crippen molar-refractivity contribution >= 4 is 23.4 Å². The largest absolute Gasteiger partial charge is 0.404 e. The van der Waals surface area contributed by atoms with Gasteiger partial charge in [-0.25, -0.2) is 9.97 Å². The molecular weight excluding hydrogens is 426 g/mol. The van der Waals surface area contributed by atoms with E-state index in [2.05, 4.69) is 32.5 Å². The normalized spacial score (nSPS) is 13.2. The summed E-state index contributed by atoms with van der Waals surface area (Å²) in [5, 5.41) is 12.3. The Labute approximate surface area is 198 Å². The molecule has 0 radical (unpaired) electrons. The molecule has 5 rings (SSSR count). The van der Waals surface area contributed by atoms with E-state index in [1.165, 1.54) is 5.56 Å². The van der Waals surface area contributed by atoms with Crippen LogP contribution in [-0.4, -0.2) is 42.8 Å². The second kappa shape index (κ2) is 8.93. The fourth-order valence-electron chi connectivity index (χ4n) is 4.41. The highest BCUT2D eigenvalue weighted by molar-refractivity contribution is 6.09. The summed E-state index contributed by atoms with van der Waals surface area (Å²) >= 11 is 0. The molecule has 0 amide bonds. The van der Waals surface area contributed by atoms with Crippen molar-refractivity contribution in [3.05, 3.63) is 77.1 Å². The van der Waals surface area contributed by atoms with Crippen LogP contribution < -0.4 is 11.1 Å². The summed E-state index contributed by atoms with van der Waals surface area (Å²) in [5.41, 5.74) is 15.2. The first-order valence-corrected chi connectivity index (χ1v) is 11.2. The standard InChI is InChI=1S/C25H27N9/c1-27-12-19(11-26)17-6-4-5-16(9-17)10-22-23-21(32-34(22)3)8-7-18-13-28-25(31-24(18)23)30-20-14-29-33(2)15-20/h4-6,9,11-15H,7-8,10,26H2,1-3H3,(H,28,30,31)/b19-11+,27-12?. The Morgan fingerprint density at radius 3 is 2.88 bits per heavy atom. The average molecular weight is 454 g/mol. The van der Waals surface area contributed by atoms with Gasteiger partial charge in [0.15, 0.2) is 0 Å². The maximum Gasteiger partial charge on any atom is 0.227 e. The first-order valence-electron chi connectivity index (χ1n) is 11.2. The van der Waals surface area contributed by atoms with Crippen molar-refractivity contribution in [2.24, 2.45) is 24.8 Å². The van der Waals surface area contributed by atoms with Crippen molar-refractivity contribution in [2.45, 2.75) is 19.3 Å². The predicted octanol–water partition coefficient (Wildman–Crippen LogP) is 3.04. The zero-order valence-electron chi connectivity index (χ0n) is 19.5. The second-order valence-corrected chi connectivity index (χ2v) is 8.37. The first kappa shape index (κ1) is 21.6. The minimum Gasteiger partial charge on any atom is -0.404 e. The molecule has 9 nitrogen and oxygen atoms in total. The van der Waals surface area contributed by atoms with E-state index < -0.39 is 0 Å². The molecule has 9 heteroatoms. The molecule has 3 N–H and O–H groups in total. The Morgan fingerprint density at radius 2 is 2.12 bits per heavy atom. The van der Waals surface area contributed by atoms with Crippen LogP contribution in [0.2, 0.25) is 0 Å². The van der Waals surface area contributed by atoms with Gasteiger partial charge in [-0.3, -0.25) is 14.4 Å². The monoisotopic (exact) mass is 453 g/mol. The molecule has 1 aliphatic carbocycles. The summed E-state index contributed by atoms with van der Waals surface area (Å²) in [5.74, 6) is 0.549. The maximum atomic E-state index is 5.82. The lowest BCUT2D eigenvalue weighted by atomic mass is 9.91. The number of nitrogens with two attached hydrogens (primary N) is 1. The molecule has 172 valence electrons. The SMILES string of the molecule is CN=C/C(=C\N)c1cccc(Cc2c3c(nn2C)CCc2cnc(Nc4cnn(C)c4)nc2-3)c1. The van der Waals surface area contributed by atoms with Gasteiger partial charge in [0.25, 0.3) is 0 Å². The van der Waals surface area contributed by atoms with Crippen LogP contribution in [0.3, 0.4) is 0 Å². The number of rotatable bonds is 6. The highest BCUT2D eigenvalue weighted by Crippen LogP contribution is 2.36. The molecule has 0 saturated heterocycles. The van der Waals surface area contributed by atoms with Crippen LogP contribution >= 0.6 is 0 Å². The number of benzene rings is 1. The number of hydrogen-bond donors (Lipinski definition) is 2. The molecule has 34 heavy (non-hydrogen) atoms. The molecule has 0 atom stereocenters. The number of nitrogens with zero attached hydrogens (tertiary/aromatic N) is 7. The van der Waals surface area contributed by atoms with Gasteiger partial charge >= 0.3 is 0 Å². The quantitative estimate of drug-likeness (QED) is 0.434. The van der Waals surface area contributed by atoms with Crippen LogP contribution in [0.25, 0.3) is 16.8 Å². The minimum absolute atomic E-state index is 0.549. The molecule has 3 heterocycles. The molecule has 3 aromatic heterocycles. The van der Waals surface area contributed by atoms with Gasteiger partial charge in [-0.2, -0.15) is 10.2 Å². The number of aromatic nitrogens is 6. The van der Waals surface area contributed by atoms with E-state index >= 15 is 0 Å². The van der Waals surface area contributed by atoms with E-state index in [1.54, 1.807) is 30.3 Å². The van der Waals surface area contributed by atoms with E-state index in [9.17, 15) is 0 Å². The van der Waals surface area contributed by atoms with E-state index in [4.69, 9.17) is 15.8 Å². The smallest absolute Gasteiger partial charge is 0.227 e. The van der Waals surface area contributed by atoms with Crippen LogP contribution in [0.1, 0.15) is 28.1 Å². The van der Waals surface area contributed by atoms with Crippen LogP contribution in [-0.2, 0) is 33.4 Å². The van der Waals surface area contributed by atoms with E-state index in [1.807, 2.05) is 43.3 Å². The third-order valence-corrected chi connectivity index (χ3v) is 6.01. The number of hydrogen-bond acceptors (Lipinski definition) is 7. The predicted molar refractivity (Wildman–Crippen MR) is 134 cm³/mol. The number of nitrogens with one attached hydrogen (secondary N) is 1. The van der Waals surface area contributed by atoms with Crippen molar-refractivity contribution in [3.63, 3.8) is 0 Å². The number of aliphatic imine (C=N–C) groups is 1. The number of anilines is 2. The van der Waals surface area contributed by atoms with Gasteiger partial charge in [-0.15, -0.1) is 0 Å². The van der Waals surface area contributed by atoms with Gasteiger partial charge in [0.05, 0.1) is 29.0 Å². The highest BCUT2D eigenvalue weighted by atomic mass is 15.3. The summed E-state index contributed by atoms with van der Waals surface area (Å²) in [6.07, 6.45) is 11.4. The lowest BCUT2D eigenvalue weighted by molar-refractivity contribution is 0.705. The van der Waals surface area contributed by atoms with E-state index in [0.29, 0.717) is 5.95 Å². The Morgan fingerprint density at radius 1 is 1.24 bits per heavy atom. The highest BCUT2D eigenvalue weighted by Gasteiger charge is 2.26. The van der Waals surface area contributed by atoms with Crippen LogP contribution in [0, 0.1) is 0 Å². The third-order valence-electron chi connectivity index (χ3n) is 6.01. The van der Waals surface area contributed by atoms with Gasteiger partial charge in [0, 0.05) is 63.5 Å². The molecule has 1 aliphatic rings.